The maximum atomic E-state index is 14.2. The molecule has 1 aliphatic heterocycles. The van der Waals surface area contributed by atoms with Gasteiger partial charge in [-0.05, 0) is 68.1 Å². The van der Waals surface area contributed by atoms with Crippen molar-refractivity contribution in [3.8, 4) is 5.75 Å². The Balaban J connectivity index is 1.27. The van der Waals surface area contributed by atoms with Crippen LogP contribution in [-0.2, 0) is 19.4 Å². The third kappa shape index (κ3) is 6.77. The highest BCUT2D eigenvalue weighted by Gasteiger charge is 2.36. The molecule has 10 heteroatoms. The summed E-state index contributed by atoms with van der Waals surface area (Å²) < 4.78 is 45.5. The summed E-state index contributed by atoms with van der Waals surface area (Å²) in [4.78, 5) is 34.6. The van der Waals surface area contributed by atoms with Crippen molar-refractivity contribution in [2.45, 2.75) is 57.3 Å². The quantitative estimate of drug-likeness (QED) is 0.321. The van der Waals surface area contributed by atoms with E-state index in [4.69, 9.17) is 4.74 Å². The molecule has 0 unspecified atom stereocenters. The number of halogens is 1. The van der Waals surface area contributed by atoms with E-state index in [0.29, 0.717) is 31.8 Å². The zero-order valence-corrected chi connectivity index (χ0v) is 19.9. The van der Waals surface area contributed by atoms with Crippen LogP contribution in [0.25, 0.3) is 0 Å². The van der Waals surface area contributed by atoms with Gasteiger partial charge in [0.2, 0.25) is 11.8 Å². The minimum Gasteiger partial charge on any atom is -0.490 e. The second kappa shape index (κ2) is 10.4. The van der Waals surface area contributed by atoms with Crippen LogP contribution in [-0.4, -0.2) is 44.4 Å². The number of amides is 4. The average Bonchev–Trinajstić information content (AvgIpc) is 3.67. The van der Waals surface area contributed by atoms with Crippen LogP contribution in [0.2, 0.25) is 0 Å². The molecule has 2 aliphatic carbocycles. The lowest BCUT2D eigenvalue weighted by atomic mass is 9.96. The predicted octanol–water partition coefficient (Wildman–Crippen LogP) is 3.07. The molecule has 1 aromatic carbocycles. The number of carbonyl (C=O) groups excluding carboxylic acids is 3. The normalized spacial score (nSPS) is 20.1. The molecule has 1 heterocycles. The highest BCUT2D eigenvalue weighted by Crippen LogP contribution is 2.44. The number of hydrogen-bond acceptors (Lipinski definition) is 6. The van der Waals surface area contributed by atoms with Gasteiger partial charge in [-0.2, -0.15) is 0 Å². The third-order valence-electron chi connectivity index (χ3n) is 6.73. The van der Waals surface area contributed by atoms with Crippen molar-refractivity contribution in [2.75, 3.05) is 18.1 Å². The molecule has 0 radical (unpaired) electrons. The minimum atomic E-state index is -3.34. The van der Waals surface area contributed by atoms with Crippen LogP contribution < -0.4 is 15.4 Å². The number of rotatable bonds is 13. The molecule has 34 heavy (non-hydrogen) atoms. The van der Waals surface area contributed by atoms with Crippen LogP contribution in [0.4, 0.5) is 9.18 Å². The molecule has 1 atom stereocenters. The Morgan fingerprint density at radius 1 is 1.00 bits per heavy atom. The van der Waals surface area contributed by atoms with E-state index >= 15 is 0 Å². The fourth-order valence-electron chi connectivity index (χ4n) is 4.37. The van der Waals surface area contributed by atoms with Crippen LogP contribution >= 0.6 is 0 Å². The lowest BCUT2D eigenvalue weighted by Crippen LogP contribution is -2.55. The fourth-order valence-corrected chi connectivity index (χ4v) is 6.19. The van der Waals surface area contributed by atoms with Gasteiger partial charge >= 0.3 is 6.03 Å². The number of benzene rings is 1. The van der Waals surface area contributed by atoms with Crippen molar-refractivity contribution in [3.05, 3.63) is 29.6 Å². The second-order valence-corrected chi connectivity index (χ2v) is 11.9. The van der Waals surface area contributed by atoms with E-state index in [1.165, 1.54) is 6.07 Å². The van der Waals surface area contributed by atoms with Crippen LogP contribution in [0, 0.1) is 23.6 Å². The van der Waals surface area contributed by atoms with Crippen LogP contribution in [0.5, 0.6) is 5.75 Å². The Labute approximate surface area is 198 Å². The van der Waals surface area contributed by atoms with Crippen LogP contribution in [0.3, 0.4) is 0 Å². The topological polar surface area (TPSA) is 119 Å². The highest BCUT2D eigenvalue weighted by atomic mass is 32.2. The number of hydrogen-bond donors (Lipinski definition) is 2. The molecule has 4 amide bonds. The summed E-state index contributed by atoms with van der Waals surface area (Å²) in [6, 6.07) is 3.89. The predicted molar refractivity (Wildman–Crippen MR) is 122 cm³/mol. The van der Waals surface area contributed by atoms with E-state index in [0.717, 1.165) is 31.2 Å². The molecule has 0 spiro atoms. The minimum absolute atomic E-state index is 0.0148. The molecule has 186 valence electrons. The smallest absolute Gasteiger partial charge is 0.328 e. The maximum absolute atomic E-state index is 14.2. The first kappa shape index (κ1) is 24.6. The number of urea groups is 1. The Morgan fingerprint density at radius 2 is 1.71 bits per heavy atom. The first-order chi connectivity index (χ1) is 16.2. The summed E-state index contributed by atoms with van der Waals surface area (Å²) in [6.45, 7) is 0.493. The van der Waals surface area contributed by atoms with E-state index in [1.807, 2.05) is 0 Å². The van der Waals surface area contributed by atoms with E-state index < -0.39 is 39.4 Å². The van der Waals surface area contributed by atoms with Gasteiger partial charge in [0.05, 0.1) is 18.1 Å². The number of ether oxygens (including phenoxy) is 1. The van der Waals surface area contributed by atoms with Gasteiger partial charge in [-0.15, -0.1) is 0 Å². The first-order valence-corrected chi connectivity index (χ1v) is 13.8. The van der Waals surface area contributed by atoms with Gasteiger partial charge in [0.25, 0.3) is 0 Å². The van der Waals surface area contributed by atoms with E-state index in [2.05, 4.69) is 10.6 Å². The second-order valence-electron chi connectivity index (χ2n) is 9.71. The van der Waals surface area contributed by atoms with Crippen molar-refractivity contribution in [2.24, 2.45) is 17.8 Å². The molecule has 3 fully saturated rings. The van der Waals surface area contributed by atoms with Crippen LogP contribution in [0.1, 0.15) is 62.8 Å². The lowest BCUT2D eigenvalue weighted by Gasteiger charge is -2.20. The van der Waals surface area contributed by atoms with Gasteiger partial charge in [0.1, 0.15) is 5.92 Å². The summed E-state index contributed by atoms with van der Waals surface area (Å²) in [5.41, 5.74) is 0.808. The maximum Gasteiger partial charge on any atom is 0.328 e. The van der Waals surface area contributed by atoms with Gasteiger partial charge in [-0.1, -0.05) is 18.9 Å². The molecule has 1 aromatic rings. The zero-order valence-electron chi connectivity index (χ0n) is 19.1. The van der Waals surface area contributed by atoms with E-state index in [9.17, 15) is 27.2 Å². The number of sulfone groups is 1. The molecule has 1 saturated heterocycles. The van der Waals surface area contributed by atoms with E-state index in [1.54, 1.807) is 12.1 Å². The molecular weight excluding hydrogens is 463 g/mol. The van der Waals surface area contributed by atoms with Gasteiger partial charge in [-0.3, -0.25) is 20.2 Å². The summed E-state index contributed by atoms with van der Waals surface area (Å²) in [7, 11) is -3.34. The molecule has 3 aliphatic rings. The number of carbonyl (C=O) groups is 3. The van der Waals surface area contributed by atoms with Crippen molar-refractivity contribution in [3.63, 3.8) is 0 Å². The number of nitrogens with one attached hydrogen (secondary N) is 2. The summed E-state index contributed by atoms with van der Waals surface area (Å²) >= 11 is 0. The zero-order chi connectivity index (χ0) is 24.3. The van der Waals surface area contributed by atoms with Crippen molar-refractivity contribution >= 4 is 27.7 Å². The average molecular weight is 495 g/mol. The first-order valence-electron chi connectivity index (χ1n) is 12.0. The molecule has 2 N–H and O–H groups in total. The molecule has 0 bridgehead atoms. The number of barbiturate groups is 1. The Hall–Kier alpha value is -2.49. The molecular formula is C24H31FN2O6S. The Kier molecular flexibility index (Phi) is 7.54. The van der Waals surface area contributed by atoms with Crippen LogP contribution in [0.15, 0.2) is 18.2 Å². The molecule has 8 nitrogen and oxygen atoms in total. The lowest BCUT2D eigenvalue weighted by molar-refractivity contribution is -0.136. The van der Waals surface area contributed by atoms with Crippen molar-refractivity contribution in [1.29, 1.82) is 0 Å². The van der Waals surface area contributed by atoms with Gasteiger partial charge in [0.15, 0.2) is 21.4 Å². The summed E-state index contributed by atoms with van der Waals surface area (Å²) in [5.74, 6) is -1.76. The molecule has 4 rings (SSSR count). The summed E-state index contributed by atoms with van der Waals surface area (Å²) in [5, 5.41) is 4.13. The third-order valence-corrected chi connectivity index (χ3v) is 8.51. The van der Waals surface area contributed by atoms with E-state index in [-0.39, 0.29) is 35.5 Å². The van der Waals surface area contributed by atoms with Crippen molar-refractivity contribution in [1.82, 2.24) is 10.6 Å². The number of imide groups is 2. The largest absolute Gasteiger partial charge is 0.490 e. The standard InChI is InChI=1S/C24H31FN2O6S/c25-20-10-9-17(12-21(20)33-13-15-5-6-15)19(16-7-8-16)14-34(31,32)11-3-1-2-4-18-22(28)26-24(30)27-23(18)29/h9-10,12,15-16,18-19H,1-8,11,13-14H2,(H2,26,27,28,29,30)/t19-/m1/s1. The monoisotopic (exact) mass is 494 g/mol. The van der Waals surface area contributed by atoms with Gasteiger partial charge in [0, 0.05) is 5.92 Å². The molecule has 0 aromatic heterocycles. The Morgan fingerprint density at radius 3 is 2.35 bits per heavy atom. The Bertz CT molecular complexity index is 1030. The highest BCUT2D eigenvalue weighted by molar-refractivity contribution is 7.91. The van der Waals surface area contributed by atoms with Crippen molar-refractivity contribution < 1.29 is 31.9 Å². The fraction of sp³-hybridized carbons (Fsp3) is 0.625. The van der Waals surface area contributed by atoms with Gasteiger partial charge < -0.3 is 4.74 Å². The molecule has 2 saturated carbocycles. The number of unbranched alkanes of at least 4 members (excludes halogenated alkanes) is 2. The van der Waals surface area contributed by atoms with Gasteiger partial charge in [-0.25, -0.2) is 17.6 Å². The SMILES string of the molecule is O=C1NC(=O)C(CCCCCS(=O)(=O)C[C@@H](c2ccc(F)c(OCC3CC3)c2)C2CC2)C(=O)N1. The summed E-state index contributed by atoms with van der Waals surface area (Å²) in [6.07, 6.45) is 5.86.